The van der Waals surface area contributed by atoms with E-state index in [0.717, 1.165) is 22.7 Å². The van der Waals surface area contributed by atoms with Crippen molar-refractivity contribution in [3.8, 4) is 0 Å². The molecule has 0 N–H and O–H groups in total. The SMILES string of the molecule is Cc1nn(C)c(CC(=O)C2CSc3ccccc32)c1Cl. The van der Waals surface area contributed by atoms with Gasteiger partial charge in [0.15, 0.2) is 0 Å². The summed E-state index contributed by atoms with van der Waals surface area (Å²) in [7, 11) is 1.83. The first-order valence-corrected chi connectivity index (χ1v) is 7.86. The maximum atomic E-state index is 12.6. The van der Waals surface area contributed by atoms with Crippen molar-refractivity contribution >= 4 is 29.1 Å². The van der Waals surface area contributed by atoms with Crippen molar-refractivity contribution in [2.75, 3.05) is 5.75 Å². The Morgan fingerprint density at radius 2 is 2.25 bits per heavy atom. The van der Waals surface area contributed by atoms with Crippen LogP contribution in [0.15, 0.2) is 29.2 Å². The molecule has 1 atom stereocenters. The van der Waals surface area contributed by atoms with Crippen molar-refractivity contribution in [1.29, 1.82) is 0 Å². The number of carbonyl (C=O) groups is 1. The average Bonchev–Trinajstić information content (AvgIpc) is 2.96. The summed E-state index contributed by atoms with van der Waals surface area (Å²) in [6.45, 7) is 1.86. The second kappa shape index (κ2) is 5.26. The van der Waals surface area contributed by atoms with Crippen LogP contribution in [-0.4, -0.2) is 21.3 Å². The smallest absolute Gasteiger partial charge is 0.147 e. The Hall–Kier alpha value is -1.26. The van der Waals surface area contributed by atoms with Crippen molar-refractivity contribution in [1.82, 2.24) is 9.78 Å². The number of nitrogens with zero attached hydrogens (tertiary/aromatic N) is 2. The molecule has 3 nitrogen and oxygen atoms in total. The van der Waals surface area contributed by atoms with Crippen LogP contribution < -0.4 is 0 Å². The minimum Gasteiger partial charge on any atom is -0.299 e. The fraction of sp³-hybridized carbons (Fsp3) is 0.333. The quantitative estimate of drug-likeness (QED) is 0.872. The number of fused-ring (bicyclic) bond motifs is 1. The summed E-state index contributed by atoms with van der Waals surface area (Å²) >= 11 is 7.98. The van der Waals surface area contributed by atoms with Crippen LogP contribution in [0.1, 0.15) is 22.9 Å². The molecule has 20 heavy (non-hydrogen) atoms. The lowest BCUT2D eigenvalue weighted by Crippen LogP contribution is -2.16. The molecule has 1 aromatic heterocycles. The molecule has 0 radical (unpaired) electrons. The first-order valence-electron chi connectivity index (χ1n) is 6.50. The molecule has 0 saturated heterocycles. The van der Waals surface area contributed by atoms with E-state index in [1.54, 1.807) is 16.4 Å². The third-order valence-corrected chi connectivity index (χ3v) is 5.37. The van der Waals surface area contributed by atoms with Crippen LogP contribution in [0.3, 0.4) is 0 Å². The molecule has 0 bridgehead atoms. The minimum atomic E-state index is -0.0255. The summed E-state index contributed by atoms with van der Waals surface area (Å²) in [6, 6.07) is 8.13. The van der Waals surface area contributed by atoms with Gasteiger partial charge < -0.3 is 0 Å². The topological polar surface area (TPSA) is 34.9 Å². The van der Waals surface area contributed by atoms with Crippen LogP contribution in [-0.2, 0) is 18.3 Å². The first kappa shape index (κ1) is 13.7. The number of benzene rings is 1. The van der Waals surface area contributed by atoms with Crippen molar-refractivity contribution in [2.45, 2.75) is 24.2 Å². The standard InChI is InChI=1S/C15H15ClN2OS/c1-9-15(16)12(18(2)17-9)7-13(19)11-8-20-14-6-4-3-5-10(11)14/h3-6,11H,7-8H2,1-2H3. The lowest BCUT2D eigenvalue weighted by atomic mass is 9.94. The Kier molecular flexibility index (Phi) is 3.61. The van der Waals surface area contributed by atoms with Crippen LogP contribution in [0.2, 0.25) is 5.02 Å². The fourth-order valence-corrected chi connectivity index (χ4v) is 4.08. The Bertz CT molecular complexity index is 681. The number of ketones is 1. The van der Waals surface area contributed by atoms with Gasteiger partial charge in [0.1, 0.15) is 5.78 Å². The van der Waals surface area contributed by atoms with E-state index in [9.17, 15) is 4.79 Å². The highest BCUT2D eigenvalue weighted by Gasteiger charge is 2.29. The normalized spacial score (nSPS) is 17.2. The molecule has 0 amide bonds. The molecule has 104 valence electrons. The molecular formula is C15H15ClN2OS. The summed E-state index contributed by atoms with van der Waals surface area (Å²) < 4.78 is 1.71. The highest BCUT2D eigenvalue weighted by atomic mass is 35.5. The lowest BCUT2D eigenvalue weighted by molar-refractivity contribution is -0.119. The predicted octanol–water partition coefficient (Wildman–Crippen LogP) is 3.38. The van der Waals surface area contributed by atoms with Crippen LogP contribution >= 0.6 is 23.4 Å². The van der Waals surface area contributed by atoms with Crippen molar-refractivity contribution in [3.05, 3.63) is 46.2 Å². The Balaban J connectivity index is 1.85. The van der Waals surface area contributed by atoms with Crippen LogP contribution in [0.4, 0.5) is 0 Å². The third-order valence-electron chi connectivity index (χ3n) is 3.69. The molecule has 0 saturated carbocycles. The van der Waals surface area contributed by atoms with Gasteiger partial charge in [-0.2, -0.15) is 5.10 Å². The largest absolute Gasteiger partial charge is 0.299 e. The Morgan fingerprint density at radius 3 is 2.95 bits per heavy atom. The lowest BCUT2D eigenvalue weighted by Gasteiger charge is -2.10. The molecule has 2 aromatic rings. The maximum absolute atomic E-state index is 12.6. The number of thioether (sulfide) groups is 1. The second-order valence-electron chi connectivity index (χ2n) is 5.01. The van der Waals surface area contributed by atoms with Gasteiger partial charge in [-0.3, -0.25) is 9.48 Å². The summed E-state index contributed by atoms with van der Waals surface area (Å²) in [6.07, 6.45) is 0.343. The minimum absolute atomic E-state index is 0.0255. The zero-order chi connectivity index (χ0) is 14.3. The van der Waals surface area contributed by atoms with Gasteiger partial charge in [0, 0.05) is 17.7 Å². The molecule has 1 unspecified atom stereocenters. The highest BCUT2D eigenvalue weighted by molar-refractivity contribution is 7.99. The van der Waals surface area contributed by atoms with Gasteiger partial charge in [0.25, 0.3) is 0 Å². The van der Waals surface area contributed by atoms with E-state index in [2.05, 4.69) is 11.2 Å². The van der Waals surface area contributed by atoms with E-state index in [0.29, 0.717) is 11.4 Å². The van der Waals surface area contributed by atoms with Gasteiger partial charge in [-0.25, -0.2) is 0 Å². The number of hydrogen-bond acceptors (Lipinski definition) is 3. The van der Waals surface area contributed by atoms with Gasteiger partial charge >= 0.3 is 0 Å². The summed E-state index contributed by atoms with van der Waals surface area (Å²) in [5, 5.41) is 4.87. The zero-order valence-electron chi connectivity index (χ0n) is 11.4. The summed E-state index contributed by atoms with van der Waals surface area (Å²) in [5.74, 6) is 1.02. The van der Waals surface area contributed by atoms with Gasteiger partial charge in [0.05, 0.1) is 28.7 Å². The molecule has 5 heteroatoms. The monoisotopic (exact) mass is 306 g/mol. The average molecular weight is 307 g/mol. The number of carbonyl (C=O) groups excluding carboxylic acids is 1. The summed E-state index contributed by atoms with van der Waals surface area (Å²) in [5.41, 5.74) is 2.74. The molecule has 3 rings (SSSR count). The first-order chi connectivity index (χ1) is 9.58. The van der Waals surface area contributed by atoms with E-state index in [-0.39, 0.29) is 11.7 Å². The van der Waals surface area contributed by atoms with Crippen LogP contribution in [0.5, 0.6) is 0 Å². The number of aromatic nitrogens is 2. The summed E-state index contributed by atoms with van der Waals surface area (Å²) in [4.78, 5) is 13.8. The van der Waals surface area contributed by atoms with Crippen LogP contribution in [0.25, 0.3) is 0 Å². The maximum Gasteiger partial charge on any atom is 0.147 e. The zero-order valence-corrected chi connectivity index (χ0v) is 13.0. The second-order valence-corrected chi connectivity index (χ2v) is 6.45. The molecule has 0 spiro atoms. The van der Waals surface area contributed by atoms with E-state index < -0.39 is 0 Å². The number of halogens is 1. The van der Waals surface area contributed by atoms with E-state index in [1.807, 2.05) is 32.2 Å². The molecule has 0 aliphatic carbocycles. The molecule has 1 aromatic carbocycles. The van der Waals surface area contributed by atoms with Crippen LogP contribution in [0, 0.1) is 6.92 Å². The number of aryl methyl sites for hydroxylation is 2. The van der Waals surface area contributed by atoms with E-state index >= 15 is 0 Å². The van der Waals surface area contributed by atoms with Gasteiger partial charge in [-0.1, -0.05) is 29.8 Å². The number of hydrogen-bond donors (Lipinski definition) is 0. The third kappa shape index (κ3) is 2.27. The van der Waals surface area contributed by atoms with Crippen molar-refractivity contribution < 1.29 is 4.79 Å². The number of Topliss-reactive ketones (excluding diaryl/α,β-unsaturated/α-hetero) is 1. The highest BCUT2D eigenvalue weighted by Crippen LogP contribution is 2.40. The van der Waals surface area contributed by atoms with Crippen molar-refractivity contribution in [3.63, 3.8) is 0 Å². The Morgan fingerprint density at radius 1 is 1.50 bits per heavy atom. The molecular weight excluding hydrogens is 292 g/mol. The molecule has 1 aliphatic heterocycles. The molecule has 2 heterocycles. The molecule has 0 fully saturated rings. The van der Waals surface area contributed by atoms with E-state index in [1.165, 1.54) is 4.90 Å². The predicted molar refractivity (Wildman–Crippen MR) is 81.6 cm³/mol. The van der Waals surface area contributed by atoms with Crippen molar-refractivity contribution in [2.24, 2.45) is 7.05 Å². The Labute approximate surface area is 127 Å². The fourth-order valence-electron chi connectivity index (χ4n) is 2.59. The van der Waals surface area contributed by atoms with Gasteiger partial charge in [0.2, 0.25) is 0 Å². The van der Waals surface area contributed by atoms with E-state index in [4.69, 9.17) is 11.6 Å². The van der Waals surface area contributed by atoms with Gasteiger partial charge in [-0.05, 0) is 18.6 Å². The number of rotatable bonds is 3. The van der Waals surface area contributed by atoms with Gasteiger partial charge in [-0.15, -0.1) is 11.8 Å². The molecule has 1 aliphatic rings.